The summed E-state index contributed by atoms with van der Waals surface area (Å²) in [5.74, 6) is 2.05. The molecule has 0 aliphatic heterocycles. The number of amides is 2. The lowest BCUT2D eigenvalue weighted by atomic mass is 9.95. The van der Waals surface area contributed by atoms with Gasteiger partial charge < -0.3 is 47.6 Å². The highest BCUT2D eigenvalue weighted by molar-refractivity contribution is 5.91. The van der Waals surface area contributed by atoms with Gasteiger partial charge in [-0.2, -0.15) is 0 Å². The van der Waals surface area contributed by atoms with Gasteiger partial charge in [0.15, 0.2) is 5.96 Å². The van der Waals surface area contributed by atoms with Crippen molar-refractivity contribution in [3.63, 3.8) is 0 Å². The molecular formula is C34H53N9O4. The monoisotopic (exact) mass is 651 g/mol. The van der Waals surface area contributed by atoms with Gasteiger partial charge in [0, 0.05) is 36.3 Å². The highest BCUT2D eigenvalue weighted by Gasteiger charge is 2.18. The van der Waals surface area contributed by atoms with Gasteiger partial charge in [-0.05, 0) is 70.0 Å². The van der Waals surface area contributed by atoms with E-state index in [1.54, 1.807) is 31.5 Å². The number of urea groups is 1. The Bertz CT molecular complexity index is 1490. The number of hydrogen-bond donors (Lipinski definition) is 7. The number of guanidine groups is 1. The number of aromatic amines is 1. The maximum absolute atomic E-state index is 12.4. The quantitative estimate of drug-likeness (QED) is 0.0813. The molecule has 1 aromatic heterocycles. The fourth-order valence-electron chi connectivity index (χ4n) is 4.05. The molecule has 0 saturated heterocycles. The van der Waals surface area contributed by atoms with Crippen LogP contribution in [-0.4, -0.2) is 60.8 Å². The van der Waals surface area contributed by atoms with Gasteiger partial charge in [0.25, 0.3) is 5.56 Å². The summed E-state index contributed by atoms with van der Waals surface area (Å²) >= 11 is 0. The van der Waals surface area contributed by atoms with E-state index in [-0.39, 0.29) is 28.5 Å². The van der Waals surface area contributed by atoms with E-state index < -0.39 is 0 Å². The molecule has 10 N–H and O–H groups in total. The zero-order valence-electron chi connectivity index (χ0n) is 28.8. The fourth-order valence-corrected chi connectivity index (χ4v) is 4.05. The number of aromatic nitrogens is 2. The van der Waals surface area contributed by atoms with Crippen LogP contribution in [-0.2, 0) is 12.0 Å². The van der Waals surface area contributed by atoms with E-state index in [1.807, 2.05) is 65.8 Å². The second-order valence-corrected chi connectivity index (χ2v) is 12.9. The average molecular weight is 652 g/mol. The number of H-pyrrole nitrogens is 1. The number of nitrogens with zero attached hydrogens (tertiary/aromatic N) is 2. The molecule has 2 aromatic carbocycles. The van der Waals surface area contributed by atoms with E-state index >= 15 is 0 Å². The van der Waals surface area contributed by atoms with Crippen LogP contribution in [0.4, 0.5) is 10.5 Å². The van der Waals surface area contributed by atoms with Crippen molar-refractivity contribution in [3.8, 4) is 22.6 Å². The Hall–Kier alpha value is -4.62. The van der Waals surface area contributed by atoms with Crippen molar-refractivity contribution in [2.24, 2.45) is 22.2 Å². The molecule has 13 heteroatoms. The van der Waals surface area contributed by atoms with Gasteiger partial charge in [0.1, 0.15) is 17.3 Å². The van der Waals surface area contributed by atoms with Gasteiger partial charge in [-0.1, -0.05) is 45.0 Å². The minimum atomic E-state index is -0.316. The Morgan fingerprint density at radius 1 is 1.02 bits per heavy atom. The molecule has 0 aliphatic rings. The van der Waals surface area contributed by atoms with E-state index in [1.165, 1.54) is 0 Å². The third kappa shape index (κ3) is 14.6. The van der Waals surface area contributed by atoms with Crippen LogP contribution in [0.1, 0.15) is 65.8 Å². The standard InChI is InChI=1S/C19H28N6O.C15H25N3O3/c1-19(2,3)17-24-12-15(16(26)25-17)14-7-5-13(6-8-14)11-22-9-4-10-23-18(20)21;1-15(2,3)18-14(19)17-12-10-11(20-4)6-7-13(12)21-9-5-8-16/h5-8,12,22H,4,9-11H2,1-3H3,(H4,20,21,23)(H,24,25,26);6-7,10H,5,8-9,16H2,1-4H3,(H2,17,18,19). The van der Waals surface area contributed by atoms with Crippen LogP contribution in [0, 0.1) is 0 Å². The Morgan fingerprint density at radius 2 is 1.72 bits per heavy atom. The minimum Gasteiger partial charge on any atom is -0.497 e. The molecule has 0 saturated carbocycles. The van der Waals surface area contributed by atoms with Crippen molar-refractivity contribution in [1.82, 2.24) is 20.6 Å². The summed E-state index contributed by atoms with van der Waals surface area (Å²) in [5.41, 5.74) is 18.5. The second kappa shape index (κ2) is 18.5. The SMILES string of the molecule is CC(C)(C)c1ncc(-c2ccc(CNCCCN=C(N)N)cc2)c(=O)[nH]1.COc1ccc(OCCCN)c(NC(=O)NC(C)(C)C)c1. The first kappa shape index (κ1) is 38.6. The molecule has 0 unspecified atom stereocenters. The summed E-state index contributed by atoms with van der Waals surface area (Å²) < 4.78 is 10.8. The largest absolute Gasteiger partial charge is 0.497 e. The number of ether oxygens (including phenoxy) is 2. The van der Waals surface area contributed by atoms with Crippen LogP contribution in [0.15, 0.2) is 58.4 Å². The second-order valence-electron chi connectivity index (χ2n) is 12.9. The smallest absolute Gasteiger partial charge is 0.319 e. The first-order chi connectivity index (χ1) is 22.1. The van der Waals surface area contributed by atoms with Crippen LogP contribution in [0.25, 0.3) is 11.1 Å². The Morgan fingerprint density at radius 3 is 2.30 bits per heavy atom. The van der Waals surface area contributed by atoms with E-state index in [9.17, 15) is 9.59 Å². The van der Waals surface area contributed by atoms with E-state index in [0.29, 0.717) is 48.3 Å². The lowest BCUT2D eigenvalue weighted by molar-refractivity contribution is 0.243. The van der Waals surface area contributed by atoms with Crippen LogP contribution in [0.3, 0.4) is 0 Å². The summed E-state index contributed by atoms with van der Waals surface area (Å²) in [7, 11) is 1.57. The number of carbonyl (C=O) groups is 1. The van der Waals surface area contributed by atoms with Gasteiger partial charge in [0.2, 0.25) is 0 Å². The lowest BCUT2D eigenvalue weighted by Gasteiger charge is -2.21. The number of methoxy groups -OCH3 is 1. The third-order valence-electron chi connectivity index (χ3n) is 6.44. The van der Waals surface area contributed by atoms with Crippen LogP contribution in [0.5, 0.6) is 11.5 Å². The van der Waals surface area contributed by atoms with Crippen molar-refractivity contribution < 1.29 is 14.3 Å². The zero-order chi connectivity index (χ0) is 35.0. The molecule has 0 bridgehead atoms. The Labute approximate surface area is 278 Å². The fraction of sp³-hybridized carbons (Fsp3) is 0.471. The van der Waals surface area contributed by atoms with Crippen LogP contribution < -0.4 is 48.2 Å². The highest BCUT2D eigenvalue weighted by atomic mass is 16.5. The van der Waals surface area contributed by atoms with Crippen molar-refractivity contribution in [1.29, 1.82) is 0 Å². The molecule has 0 atom stereocenters. The molecule has 0 aliphatic carbocycles. The molecule has 2 amide bonds. The van der Waals surface area contributed by atoms with Gasteiger partial charge in [-0.15, -0.1) is 0 Å². The van der Waals surface area contributed by atoms with Gasteiger partial charge in [-0.25, -0.2) is 9.78 Å². The molecule has 0 fully saturated rings. The number of hydrogen-bond acceptors (Lipinski definition) is 8. The normalized spacial score (nSPS) is 11.1. The Balaban J connectivity index is 0.000000335. The van der Waals surface area contributed by atoms with Crippen molar-refractivity contribution in [2.45, 2.75) is 71.9 Å². The molecule has 3 rings (SSSR count). The predicted molar refractivity (Wildman–Crippen MR) is 190 cm³/mol. The van der Waals surface area contributed by atoms with Crippen LogP contribution >= 0.6 is 0 Å². The van der Waals surface area contributed by atoms with E-state index in [0.717, 1.165) is 37.1 Å². The number of aliphatic imine (C=N–C) groups is 1. The number of benzene rings is 2. The minimum absolute atomic E-state index is 0.115. The van der Waals surface area contributed by atoms with Gasteiger partial charge in [0.05, 0.1) is 25.0 Å². The van der Waals surface area contributed by atoms with Crippen molar-refractivity contribution in [3.05, 3.63) is 70.4 Å². The molecule has 3 aromatic rings. The van der Waals surface area contributed by atoms with Gasteiger partial charge >= 0.3 is 6.03 Å². The first-order valence-corrected chi connectivity index (χ1v) is 15.7. The molecule has 1 heterocycles. The first-order valence-electron chi connectivity index (χ1n) is 15.7. The molecule has 258 valence electrons. The summed E-state index contributed by atoms with van der Waals surface area (Å²) in [6.07, 6.45) is 3.27. The molecule has 13 nitrogen and oxygen atoms in total. The van der Waals surface area contributed by atoms with Crippen molar-refractivity contribution in [2.75, 3.05) is 38.7 Å². The average Bonchev–Trinajstić information content (AvgIpc) is 2.99. The topological polar surface area (TPSA) is 208 Å². The third-order valence-corrected chi connectivity index (χ3v) is 6.44. The maximum Gasteiger partial charge on any atom is 0.319 e. The molecule has 0 spiro atoms. The van der Waals surface area contributed by atoms with E-state index in [2.05, 4.69) is 30.9 Å². The summed E-state index contributed by atoms with van der Waals surface area (Å²) in [5, 5.41) is 8.95. The number of nitrogens with one attached hydrogen (secondary N) is 4. The highest BCUT2D eigenvalue weighted by Crippen LogP contribution is 2.29. The summed E-state index contributed by atoms with van der Waals surface area (Å²) in [4.78, 5) is 35.6. The van der Waals surface area contributed by atoms with Crippen LogP contribution in [0.2, 0.25) is 0 Å². The predicted octanol–water partition coefficient (Wildman–Crippen LogP) is 3.83. The van der Waals surface area contributed by atoms with E-state index in [4.69, 9.17) is 26.7 Å². The number of anilines is 1. The molecule has 47 heavy (non-hydrogen) atoms. The number of nitrogens with two attached hydrogens (primary N) is 3. The Kier molecular flexibility index (Phi) is 15.2. The molecular weight excluding hydrogens is 598 g/mol. The summed E-state index contributed by atoms with van der Waals surface area (Å²) in [6.45, 7) is 15.1. The molecule has 0 radical (unpaired) electrons. The number of carbonyl (C=O) groups excluding carboxylic acids is 1. The summed E-state index contributed by atoms with van der Waals surface area (Å²) in [6, 6.07) is 12.9. The zero-order valence-corrected chi connectivity index (χ0v) is 28.8. The maximum atomic E-state index is 12.4. The van der Waals surface area contributed by atoms with Gasteiger partial charge in [-0.3, -0.25) is 9.79 Å². The lowest BCUT2D eigenvalue weighted by Crippen LogP contribution is -2.43. The number of rotatable bonds is 13. The van der Waals surface area contributed by atoms with Crippen molar-refractivity contribution >= 4 is 17.7 Å².